The standard InChI is InChI=1S/C14H13F3N2O3.C13H11F3N2O3/c1-3-21-13(20)11-8-12(19(2)18-11)9-4-6-10(7-5-9)22-14(15,16)17;1-2-20-12(19)11-7-10(17-18-11)8-3-5-9(6-4-8)21-13(14,15)16/h4-8H,3H2,1-2H3;3-7H,2H2,1H3,(H,17,18). The number of alkyl halides is 6. The Kier molecular flexibility index (Phi) is 10.4. The van der Waals surface area contributed by atoms with Crippen molar-refractivity contribution in [1.82, 2.24) is 20.0 Å². The Morgan fingerprint density at radius 2 is 1.26 bits per heavy atom. The van der Waals surface area contributed by atoms with Gasteiger partial charge in [0.1, 0.15) is 17.2 Å². The van der Waals surface area contributed by atoms with E-state index in [4.69, 9.17) is 9.47 Å². The molecule has 4 rings (SSSR count). The number of aryl methyl sites for hydroxylation is 1. The van der Waals surface area contributed by atoms with Crippen molar-refractivity contribution in [2.24, 2.45) is 7.05 Å². The van der Waals surface area contributed by atoms with Gasteiger partial charge in [-0.1, -0.05) is 0 Å². The minimum atomic E-state index is -4.73. The molecule has 0 aliphatic heterocycles. The third-order valence-electron chi connectivity index (χ3n) is 5.20. The molecule has 0 aliphatic carbocycles. The fraction of sp³-hybridized carbons (Fsp3) is 0.259. The number of rotatable bonds is 8. The third kappa shape index (κ3) is 9.79. The first-order chi connectivity index (χ1) is 20.2. The summed E-state index contributed by atoms with van der Waals surface area (Å²) in [6, 6.07) is 13.4. The first-order valence-corrected chi connectivity index (χ1v) is 12.3. The van der Waals surface area contributed by atoms with Crippen LogP contribution in [0.3, 0.4) is 0 Å². The van der Waals surface area contributed by atoms with Crippen LogP contribution in [0, 0.1) is 0 Å². The molecule has 1 N–H and O–H groups in total. The molecule has 0 amide bonds. The molecule has 4 aromatic rings. The lowest BCUT2D eigenvalue weighted by Crippen LogP contribution is -2.16. The van der Waals surface area contributed by atoms with Crippen LogP contribution in [0.25, 0.3) is 22.5 Å². The fourth-order valence-corrected chi connectivity index (χ4v) is 3.48. The zero-order chi connectivity index (χ0) is 31.8. The molecule has 0 spiro atoms. The second-order valence-electron chi connectivity index (χ2n) is 8.29. The van der Waals surface area contributed by atoms with Crippen LogP contribution in [0.4, 0.5) is 26.3 Å². The molecule has 0 aliphatic rings. The normalized spacial score (nSPS) is 11.3. The number of benzene rings is 2. The summed E-state index contributed by atoms with van der Waals surface area (Å²) in [5.74, 6) is -1.74. The SMILES string of the molecule is CCOC(=O)c1cc(-c2ccc(OC(F)(F)F)cc2)n(C)n1.CCOC(=O)c1cc(-c2ccc(OC(F)(F)F)cc2)n[nH]1. The molecule has 0 saturated heterocycles. The van der Waals surface area contributed by atoms with Gasteiger partial charge in [-0.15, -0.1) is 26.3 Å². The van der Waals surface area contributed by atoms with E-state index in [-0.39, 0.29) is 36.1 Å². The van der Waals surface area contributed by atoms with E-state index in [1.165, 1.54) is 65.3 Å². The first kappa shape index (κ1) is 32.5. The van der Waals surface area contributed by atoms with Gasteiger partial charge in [-0.3, -0.25) is 9.78 Å². The predicted molar refractivity (Wildman–Crippen MR) is 138 cm³/mol. The molecule has 0 saturated carbocycles. The summed E-state index contributed by atoms with van der Waals surface area (Å²) in [6.45, 7) is 3.82. The molecule has 0 unspecified atom stereocenters. The predicted octanol–water partition coefficient (Wildman–Crippen LogP) is 6.31. The molecule has 10 nitrogen and oxygen atoms in total. The number of hydrogen-bond donors (Lipinski definition) is 1. The molecule has 0 radical (unpaired) electrons. The van der Waals surface area contributed by atoms with Crippen molar-refractivity contribution in [2.45, 2.75) is 26.6 Å². The maximum Gasteiger partial charge on any atom is 0.573 e. The number of halogens is 6. The maximum absolute atomic E-state index is 12.1. The lowest BCUT2D eigenvalue weighted by atomic mass is 10.1. The Balaban J connectivity index is 0.000000236. The van der Waals surface area contributed by atoms with Gasteiger partial charge < -0.3 is 18.9 Å². The molecule has 2 heterocycles. The Morgan fingerprint density at radius 3 is 1.74 bits per heavy atom. The highest BCUT2D eigenvalue weighted by molar-refractivity contribution is 5.89. The highest BCUT2D eigenvalue weighted by atomic mass is 19.4. The van der Waals surface area contributed by atoms with Gasteiger partial charge in [-0.05, 0) is 74.5 Å². The second kappa shape index (κ2) is 13.8. The molecule has 0 atom stereocenters. The first-order valence-electron chi connectivity index (χ1n) is 12.3. The number of nitrogens with one attached hydrogen (secondary N) is 1. The van der Waals surface area contributed by atoms with Crippen molar-refractivity contribution in [1.29, 1.82) is 0 Å². The summed E-state index contributed by atoms with van der Waals surface area (Å²) >= 11 is 0. The van der Waals surface area contributed by atoms with Crippen LogP contribution in [0.1, 0.15) is 34.8 Å². The summed E-state index contributed by atoms with van der Waals surface area (Å²) in [5, 5.41) is 10.4. The molecule has 2 aromatic heterocycles. The molecular formula is C27H24F6N4O6. The second-order valence-corrected chi connectivity index (χ2v) is 8.29. The van der Waals surface area contributed by atoms with E-state index >= 15 is 0 Å². The highest BCUT2D eigenvalue weighted by Gasteiger charge is 2.31. The van der Waals surface area contributed by atoms with Crippen LogP contribution in [0.15, 0.2) is 60.7 Å². The van der Waals surface area contributed by atoms with Crippen LogP contribution >= 0.6 is 0 Å². The van der Waals surface area contributed by atoms with Crippen molar-refractivity contribution in [3.8, 4) is 34.0 Å². The van der Waals surface area contributed by atoms with Gasteiger partial charge in [0.05, 0.1) is 24.6 Å². The number of aromatic amines is 1. The van der Waals surface area contributed by atoms with Crippen molar-refractivity contribution < 1.29 is 54.9 Å². The summed E-state index contributed by atoms with van der Waals surface area (Å²) in [7, 11) is 1.62. The zero-order valence-electron chi connectivity index (χ0n) is 22.7. The van der Waals surface area contributed by atoms with Crippen LogP contribution in [0.5, 0.6) is 11.5 Å². The van der Waals surface area contributed by atoms with Crippen molar-refractivity contribution in [3.63, 3.8) is 0 Å². The summed E-state index contributed by atoms with van der Waals surface area (Å²) in [5.41, 5.74) is 2.42. The van der Waals surface area contributed by atoms with Crippen LogP contribution in [-0.2, 0) is 16.5 Å². The fourth-order valence-electron chi connectivity index (χ4n) is 3.48. The van der Waals surface area contributed by atoms with Crippen molar-refractivity contribution in [2.75, 3.05) is 13.2 Å². The van der Waals surface area contributed by atoms with Gasteiger partial charge in [0.2, 0.25) is 0 Å². The highest BCUT2D eigenvalue weighted by Crippen LogP contribution is 2.28. The van der Waals surface area contributed by atoms with E-state index < -0.39 is 24.7 Å². The molecular weight excluding hydrogens is 590 g/mol. The topological polar surface area (TPSA) is 118 Å². The van der Waals surface area contributed by atoms with Gasteiger partial charge >= 0.3 is 24.7 Å². The molecule has 16 heteroatoms. The minimum Gasteiger partial charge on any atom is -0.461 e. The molecule has 43 heavy (non-hydrogen) atoms. The number of ether oxygens (including phenoxy) is 4. The monoisotopic (exact) mass is 614 g/mol. The maximum atomic E-state index is 12.1. The number of H-pyrrole nitrogens is 1. The van der Waals surface area contributed by atoms with E-state index in [9.17, 15) is 35.9 Å². The number of nitrogens with zero attached hydrogens (tertiary/aromatic N) is 3. The van der Waals surface area contributed by atoms with Crippen LogP contribution < -0.4 is 9.47 Å². The average molecular weight is 614 g/mol. The molecule has 2 aromatic carbocycles. The number of esters is 2. The average Bonchev–Trinajstić information content (AvgIpc) is 3.56. The van der Waals surface area contributed by atoms with Gasteiger partial charge in [-0.2, -0.15) is 10.2 Å². The summed E-state index contributed by atoms with van der Waals surface area (Å²) in [4.78, 5) is 23.1. The van der Waals surface area contributed by atoms with E-state index in [0.717, 1.165) is 0 Å². The smallest absolute Gasteiger partial charge is 0.461 e. The van der Waals surface area contributed by atoms with E-state index in [1.807, 2.05) is 0 Å². The van der Waals surface area contributed by atoms with Crippen LogP contribution in [-0.4, -0.2) is 57.9 Å². The Hall–Kier alpha value is -5.02. The quantitative estimate of drug-likeness (QED) is 0.181. The van der Waals surface area contributed by atoms with Gasteiger partial charge in [0.15, 0.2) is 5.69 Å². The van der Waals surface area contributed by atoms with E-state index in [2.05, 4.69) is 24.8 Å². The minimum absolute atomic E-state index is 0.134. The molecule has 0 fully saturated rings. The largest absolute Gasteiger partial charge is 0.573 e. The molecule has 230 valence electrons. The van der Waals surface area contributed by atoms with Gasteiger partial charge in [0.25, 0.3) is 0 Å². The number of hydrogen-bond acceptors (Lipinski definition) is 8. The Morgan fingerprint density at radius 1 is 0.767 bits per heavy atom. The molecule has 0 bridgehead atoms. The van der Waals surface area contributed by atoms with E-state index in [1.54, 1.807) is 20.9 Å². The van der Waals surface area contributed by atoms with E-state index in [0.29, 0.717) is 22.5 Å². The van der Waals surface area contributed by atoms with Crippen molar-refractivity contribution >= 4 is 11.9 Å². The van der Waals surface area contributed by atoms with Gasteiger partial charge in [-0.25, -0.2) is 9.59 Å². The van der Waals surface area contributed by atoms with Gasteiger partial charge in [0, 0.05) is 18.2 Å². The lowest BCUT2D eigenvalue weighted by Gasteiger charge is -2.09. The number of carbonyl (C=O) groups excluding carboxylic acids is 2. The van der Waals surface area contributed by atoms with Crippen LogP contribution in [0.2, 0.25) is 0 Å². The third-order valence-corrected chi connectivity index (χ3v) is 5.20. The summed E-state index contributed by atoms with van der Waals surface area (Å²) < 4.78 is 91.1. The van der Waals surface area contributed by atoms with Crippen molar-refractivity contribution in [3.05, 3.63) is 72.1 Å². The zero-order valence-corrected chi connectivity index (χ0v) is 22.7. The number of carbonyl (C=O) groups is 2. The summed E-state index contributed by atoms with van der Waals surface area (Å²) in [6.07, 6.45) is -9.46. The Bertz CT molecular complexity index is 1510. The lowest BCUT2D eigenvalue weighted by molar-refractivity contribution is -0.275. The number of aromatic nitrogens is 4. The Labute approximate surface area is 240 Å².